The number of nitrogens with zero attached hydrogens (tertiary/aromatic N) is 1. The van der Waals surface area contributed by atoms with Gasteiger partial charge in [0.15, 0.2) is 0 Å². The van der Waals surface area contributed by atoms with Gasteiger partial charge >= 0.3 is 0 Å². The predicted molar refractivity (Wildman–Crippen MR) is 73.0 cm³/mol. The third kappa shape index (κ3) is 1.72. The summed E-state index contributed by atoms with van der Waals surface area (Å²) in [5.41, 5.74) is 8.79. The maximum absolute atomic E-state index is 12.4. The zero-order valence-electron chi connectivity index (χ0n) is 11.6. The lowest BCUT2D eigenvalue weighted by atomic mass is 9.93. The number of carbonyl (C=O) groups excluding carboxylic acids is 1. The van der Waals surface area contributed by atoms with E-state index in [2.05, 4.69) is 0 Å². The highest BCUT2D eigenvalue weighted by Crippen LogP contribution is 2.42. The molecule has 18 heavy (non-hydrogen) atoms. The first-order valence-corrected chi connectivity index (χ1v) is 6.06. The summed E-state index contributed by atoms with van der Waals surface area (Å²) in [5, 5.41) is 0. The van der Waals surface area contributed by atoms with Crippen LogP contribution in [0.4, 0.5) is 11.4 Å². The molecule has 1 heterocycles. The second-order valence-corrected chi connectivity index (χ2v) is 5.62. The molecular formula is C14H20N2O2. The fourth-order valence-electron chi connectivity index (χ4n) is 2.36. The first-order valence-electron chi connectivity index (χ1n) is 6.06. The quantitative estimate of drug-likeness (QED) is 0.716. The number of hydrogen-bond acceptors (Lipinski definition) is 3. The summed E-state index contributed by atoms with van der Waals surface area (Å²) in [6, 6.07) is 1.89. The van der Waals surface area contributed by atoms with Gasteiger partial charge in [0.05, 0.1) is 11.1 Å². The molecule has 0 saturated heterocycles. The highest BCUT2D eigenvalue weighted by molar-refractivity contribution is 6.00. The van der Waals surface area contributed by atoms with Crippen molar-refractivity contribution in [3.63, 3.8) is 0 Å². The lowest BCUT2D eigenvalue weighted by Crippen LogP contribution is -2.40. The molecule has 0 bridgehead atoms. The molecule has 1 aliphatic rings. The van der Waals surface area contributed by atoms with Gasteiger partial charge in [-0.05, 0) is 44.9 Å². The van der Waals surface area contributed by atoms with E-state index in [9.17, 15) is 4.79 Å². The molecule has 0 unspecified atom stereocenters. The Hall–Kier alpha value is -1.71. The van der Waals surface area contributed by atoms with Crippen molar-refractivity contribution in [1.82, 2.24) is 0 Å². The fourth-order valence-corrected chi connectivity index (χ4v) is 2.36. The zero-order valence-corrected chi connectivity index (χ0v) is 11.6. The molecule has 0 radical (unpaired) electrons. The third-order valence-corrected chi connectivity index (χ3v) is 3.53. The number of anilines is 2. The summed E-state index contributed by atoms with van der Waals surface area (Å²) in [6.07, 6.45) is 0. The number of hydrogen-bond donors (Lipinski definition) is 1. The van der Waals surface area contributed by atoms with Crippen LogP contribution in [0.15, 0.2) is 6.07 Å². The van der Waals surface area contributed by atoms with E-state index in [1.54, 1.807) is 11.9 Å². The molecule has 4 heteroatoms. The summed E-state index contributed by atoms with van der Waals surface area (Å²) >= 11 is 0. The predicted octanol–water partition coefficient (Wildman–Crippen LogP) is 2.27. The maximum atomic E-state index is 12.4. The first kappa shape index (κ1) is 12.7. The van der Waals surface area contributed by atoms with Crippen molar-refractivity contribution in [1.29, 1.82) is 0 Å². The Bertz CT molecular complexity index is 521. The molecule has 2 N–H and O–H groups in total. The van der Waals surface area contributed by atoms with Crippen LogP contribution < -0.4 is 15.4 Å². The number of nitrogens with two attached hydrogens (primary N) is 1. The van der Waals surface area contributed by atoms with Gasteiger partial charge in [-0.2, -0.15) is 0 Å². The number of aryl methyl sites for hydroxylation is 1. The maximum Gasteiger partial charge on any atom is 0.235 e. The first-order chi connectivity index (χ1) is 8.25. The van der Waals surface area contributed by atoms with Gasteiger partial charge in [0.25, 0.3) is 0 Å². The molecule has 1 aromatic carbocycles. The molecule has 0 saturated carbocycles. The van der Waals surface area contributed by atoms with Gasteiger partial charge < -0.3 is 15.4 Å². The lowest BCUT2D eigenvalue weighted by molar-refractivity contribution is -0.127. The van der Waals surface area contributed by atoms with Crippen LogP contribution in [0.3, 0.4) is 0 Å². The van der Waals surface area contributed by atoms with Gasteiger partial charge in [-0.15, -0.1) is 0 Å². The van der Waals surface area contributed by atoms with Crippen LogP contribution in [-0.4, -0.2) is 19.6 Å². The third-order valence-electron chi connectivity index (χ3n) is 3.53. The minimum atomic E-state index is -0.526. The molecule has 1 amide bonds. The topological polar surface area (TPSA) is 55.6 Å². The van der Waals surface area contributed by atoms with Crippen molar-refractivity contribution in [2.45, 2.75) is 27.7 Å². The van der Waals surface area contributed by atoms with Crippen LogP contribution >= 0.6 is 0 Å². The Kier molecular flexibility index (Phi) is 2.76. The number of ether oxygens (including phenoxy) is 1. The van der Waals surface area contributed by atoms with Crippen molar-refractivity contribution >= 4 is 17.3 Å². The van der Waals surface area contributed by atoms with Gasteiger partial charge in [0.2, 0.25) is 5.91 Å². The second kappa shape index (κ2) is 3.90. The van der Waals surface area contributed by atoms with Crippen LogP contribution in [0, 0.1) is 19.3 Å². The van der Waals surface area contributed by atoms with E-state index in [0.717, 1.165) is 22.6 Å². The minimum Gasteiger partial charge on any atom is -0.490 e. The van der Waals surface area contributed by atoms with Crippen LogP contribution in [0.2, 0.25) is 0 Å². The van der Waals surface area contributed by atoms with Crippen molar-refractivity contribution in [2.75, 3.05) is 24.3 Å². The Morgan fingerprint density at radius 1 is 1.39 bits per heavy atom. The Morgan fingerprint density at radius 2 is 2.00 bits per heavy atom. The second-order valence-electron chi connectivity index (χ2n) is 5.62. The monoisotopic (exact) mass is 248 g/mol. The average Bonchev–Trinajstić information content (AvgIpc) is 2.37. The summed E-state index contributed by atoms with van der Waals surface area (Å²) < 4.78 is 5.85. The number of nitrogen functional groups attached to an aromatic ring is 1. The molecular weight excluding hydrogens is 228 g/mol. The number of benzene rings is 1. The number of fused-ring (bicyclic) bond motifs is 1. The fraction of sp³-hybridized carbons (Fsp3) is 0.500. The van der Waals surface area contributed by atoms with Crippen molar-refractivity contribution in [2.24, 2.45) is 5.41 Å². The van der Waals surface area contributed by atoms with Gasteiger partial charge in [0.1, 0.15) is 12.4 Å². The molecule has 0 aromatic heterocycles. The van der Waals surface area contributed by atoms with Gasteiger partial charge in [0, 0.05) is 12.7 Å². The van der Waals surface area contributed by atoms with Gasteiger partial charge in [-0.25, -0.2) is 0 Å². The van der Waals surface area contributed by atoms with Crippen LogP contribution in [-0.2, 0) is 4.79 Å². The van der Waals surface area contributed by atoms with Crippen LogP contribution in [0.5, 0.6) is 5.75 Å². The standard InChI is InChI=1S/C14H20N2O2/c1-8-6-10(15)9(2)11-12(8)18-7-14(3,4)13(17)16(11)5/h6H,7,15H2,1-5H3. The van der Waals surface area contributed by atoms with Crippen molar-refractivity contribution < 1.29 is 9.53 Å². The van der Waals surface area contributed by atoms with Crippen LogP contribution in [0.25, 0.3) is 0 Å². The Balaban J connectivity index is 2.69. The van der Waals surface area contributed by atoms with E-state index in [1.807, 2.05) is 33.8 Å². The average molecular weight is 248 g/mol. The highest BCUT2D eigenvalue weighted by atomic mass is 16.5. The highest BCUT2D eigenvalue weighted by Gasteiger charge is 2.37. The van der Waals surface area contributed by atoms with E-state index >= 15 is 0 Å². The van der Waals surface area contributed by atoms with Crippen LogP contribution in [0.1, 0.15) is 25.0 Å². The smallest absolute Gasteiger partial charge is 0.235 e. The summed E-state index contributed by atoms with van der Waals surface area (Å²) in [7, 11) is 1.78. The van der Waals surface area contributed by atoms with Crippen molar-refractivity contribution in [3.8, 4) is 5.75 Å². The zero-order chi connectivity index (χ0) is 13.7. The van der Waals surface area contributed by atoms with E-state index < -0.39 is 5.41 Å². The Morgan fingerprint density at radius 3 is 2.61 bits per heavy atom. The number of amides is 1. The van der Waals surface area contributed by atoms with E-state index in [4.69, 9.17) is 10.5 Å². The molecule has 0 atom stereocenters. The minimum absolute atomic E-state index is 0.0503. The Labute approximate surface area is 108 Å². The van der Waals surface area contributed by atoms with Crippen molar-refractivity contribution in [3.05, 3.63) is 17.2 Å². The van der Waals surface area contributed by atoms with E-state index in [1.165, 1.54) is 0 Å². The van der Waals surface area contributed by atoms with E-state index in [-0.39, 0.29) is 5.91 Å². The molecule has 0 fully saturated rings. The normalized spacial score (nSPS) is 18.1. The molecule has 4 nitrogen and oxygen atoms in total. The summed E-state index contributed by atoms with van der Waals surface area (Å²) in [4.78, 5) is 14.1. The summed E-state index contributed by atoms with van der Waals surface area (Å²) in [6.45, 7) is 8.04. The molecule has 1 aromatic rings. The molecule has 0 aliphatic carbocycles. The van der Waals surface area contributed by atoms with E-state index in [0.29, 0.717) is 12.3 Å². The molecule has 0 spiro atoms. The van der Waals surface area contributed by atoms with Gasteiger partial charge in [-0.3, -0.25) is 4.79 Å². The number of rotatable bonds is 0. The SMILES string of the molecule is Cc1cc(N)c(C)c2c1OCC(C)(C)C(=O)N2C. The molecule has 1 aliphatic heterocycles. The lowest BCUT2D eigenvalue weighted by Gasteiger charge is -2.25. The molecule has 2 rings (SSSR count). The largest absolute Gasteiger partial charge is 0.490 e. The van der Waals surface area contributed by atoms with Gasteiger partial charge in [-0.1, -0.05) is 0 Å². The molecule has 98 valence electrons. The number of carbonyl (C=O) groups is 1. The summed E-state index contributed by atoms with van der Waals surface area (Å²) in [5.74, 6) is 0.817.